The summed E-state index contributed by atoms with van der Waals surface area (Å²) < 4.78 is 26.6. The third-order valence-electron chi connectivity index (χ3n) is 2.81. The first-order chi connectivity index (χ1) is 8.47. The van der Waals surface area contributed by atoms with E-state index in [1.807, 2.05) is 17.7 Å². The molecule has 1 rings (SSSR count). The van der Waals surface area contributed by atoms with Crippen LogP contribution in [0.15, 0.2) is 10.8 Å². The molecule has 1 aromatic rings. The summed E-state index contributed by atoms with van der Waals surface area (Å²) in [5.41, 5.74) is 2.19. The molecule has 0 aliphatic rings. The summed E-state index contributed by atoms with van der Waals surface area (Å²) in [7, 11) is -3.24. The number of aryl methyl sites for hydroxylation is 1. The molecular weight excluding hydrogens is 268 g/mol. The molecular formula is C12H22N2O2S2. The lowest BCUT2D eigenvalue weighted by Crippen LogP contribution is -2.38. The third-order valence-corrected chi connectivity index (χ3v) is 5.50. The maximum atomic E-state index is 12.0. The molecule has 0 aromatic carbocycles. The van der Waals surface area contributed by atoms with Gasteiger partial charge in [-0.15, -0.1) is 0 Å². The van der Waals surface area contributed by atoms with Crippen LogP contribution >= 0.6 is 11.3 Å². The summed E-state index contributed by atoms with van der Waals surface area (Å²) in [4.78, 5) is 0. The Morgan fingerprint density at radius 3 is 2.67 bits per heavy atom. The molecule has 0 spiro atoms. The molecule has 1 aromatic heterocycles. The fourth-order valence-corrected chi connectivity index (χ4v) is 3.32. The van der Waals surface area contributed by atoms with Crippen LogP contribution in [-0.4, -0.2) is 26.8 Å². The van der Waals surface area contributed by atoms with Crippen LogP contribution in [0, 0.1) is 6.92 Å². The van der Waals surface area contributed by atoms with E-state index in [9.17, 15) is 8.42 Å². The van der Waals surface area contributed by atoms with Gasteiger partial charge >= 0.3 is 0 Å². The predicted molar refractivity (Wildman–Crippen MR) is 77.4 cm³/mol. The summed E-state index contributed by atoms with van der Waals surface area (Å²) in [5.74, 6) is 0. The van der Waals surface area contributed by atoms with Gasteiger partial charge in [0.2, 0.25) is 10.0 Å². The lowest BCUT2D eigenvalue weighted by molar-refractivity contribution is 0.557. The number of thiophene rings is 1. The van der Waals surface area contributed by atoms with Gasteiger partial charge in [-0.2, -0.15) is 11.3 Å². The molecule has 0 radical (unpaired) electrons. The van der Waals surface area contributed by atoms with Gasteiger partial charge in [0.1, 0.15) is 0 Å². The van der Waals surface area contributed by atoms with Crippen molar-refractivity contribution in [1.29, 1.82) is 0 Å². The van der Waals surface area contributed by atoms with Gasteiger partial charge in [0.25, 0.3) is 0 Å². The molecule has 0 saturated carbocycles. The van der Waals surface area contributed by atoms with Gasteiger partial charge in [-0.05, 0) is 48.7 Å². The molecule has 18 heavy (non-hydrogen) atoms. The van der Waals surface area contributed by atoms with Crippen molar-refractivity contribution >= 4 is 21.4 Å². The van der Waals surface area contributed by atoms with Crippen molar-refractivity contribution in [2.45, 2.75) is 39.0 Å². The van der Waals surface area contributed by atoms with Crippen molar-refractivity contribution in [3.05, 3.63) is 21.9 Å². The minimum Gasteiger partial charge on any atom is -0.315 e. The largest absolute Gasteiger partial charge is 0.315 e. The molecule has 6 heteroatoms. The Labute approximate surface area is 114 Å². The van der Waals surface area contributed by atoms with Crippen LogP contribution in [-0.2, 0) is 16.6 Å². The Hall–Kier alpha value is -0.430. The van der Waals surface area contributed by atoms with Gasteiger partial charge in [-0.1, -0.05) is 6.92 Å². The monoisotopic (exact) mass is 290 g/mol. The molecule has 0 fully saturated rings. The number of nitrogens with one attached hydrogen (secondary N) is 2. The Morgan fingerprint density at radius 1 is 1.39 bits per heavy atom. The smallest absolute Gasteiger partial charge is 0.215 e. The van der Waals surface area contributed by atoms with Crippen molar-refractivity contribution in [1.82, 2.24) is 10.0 Å². The van der Waals surface area contributed by atoms with E-state index in [4.69, 9.17) is 0 Å². The minimum absolute atomic E-state index is 0.385. The van der Waals surface area contributed by atoms with Gasteiger partial charge in [0, 0.05) is 13.1 Å². The summed E-state index contributed by atoms with van der Waals surface area (Å²) in [5, 5.41) is 6.72. The first-order valence-corrected chi connectivity index (χ1v) is 8.67. The third kappa shape index (κ3) is 4.68. The average molecular weight is 290 g/mol. The molecule has 0 aliphatic heterocycles. The van der Waals surface area contributed by atoms with Gasteiger partial charge in [-0.3, -0.25) is 0 Å². The number of rotatable bonds is 8. The molecule has 104 valence electrons. The summed E-state index contributed by atoms with van der Waals surface area (Å²) in [6.45, 7) is 7.51. The SMILES string of the molecule is CCCNCC(C)S(=O)(=O)NCc1cscc1C. The van der Waals surface area contributed by atoms with Gasteiger partial charge in [0.15, 0.2) is 0 Å². The van der Waals surface area contributed by atoms with Crippen molar-refractivity contribution < 1.29 is 8.42 Å². The standard InChI is InChI=1S/C12H22N2O2S2/c1-4-5-13-6-11(3)18(15,16)14-7-12-9-17-8-10(12)2/h8-9,11,13-14H,4-7H2,1-3H3. The predicted octanol–water partition coefficient (Wildman–Crippen LogP) is 1.86. The maximum Gasteiger partial charge on any atom is 0.215 e. The molecule has 0 amide bonds. The van der Waals surface area contributed by atoms with E-state index in [1.54, 1.807) is 18.3 Å². The zero-order valence-electron chi connectivity index (χ0n) is 11.2. The van der Waals surface area contributed by atoms with Crippen molar-refractivity contribution in [3.63, 3.8) is 0 Å². The van der Waals surface area contributed by atoms with Gasteiger partial charge in [0.05, 0.1) is 5.25 Å². The van der Waals surface area contributed by atoms with Crippen LogP contribution in [0.3, 0.4) is 0 Å². The Morgan fingerprint density at radius 2 is 2.11 bits per heavy atom. The van der Waals surface area contributed by atoms with E-state index in [2.05, 4.69) is 17.0 Å². The first kappa shape index (κ1) is 15.6. The second-order valence-corrected chi connectivity index (χ2v) is 7.39. The lowest BCUT2D eigenvalue weighted by Gasteiger charge is -2.14. The number of hydrogen-bond donors (Lipinski definition) is 2. The van der Waals surface area contributed by atoms with Crippen molar-refractivity contribution in [2.75, 3.05) is 13.1 Å². The van der Waals surface area contributed by atoms with Crippen LogP contribution in [0.2, 0.25) is 0 Å². The maximum absolute atomic E-state index is 12.0. The van der Waals surface area contributed by atoms with E-state index in [-0.39, 0.29) is 0 Å². The Bertz CT molecular complexity index is 454. The van der Waals surface area contributed by atoms with E-state index in [1.165, 1.54) is 0 Å². The van der Waals surface area contributed by atoms with E-state index in [0.29, 0.717) is 13.1 Å². The molecule has 0 aliphatic carbocycles. The average Bonchev–Trinajstić information content (AvgIpc) is 2.72. The molecule has 1 unspecified atom stereocenters. The Kier molecular flexibility index (Phi) is 6.28. The van der Waals surface area contributed by atoms with Crippen LogP contribution < -0.4 is 10.0 Å². The van der Waals surface area contributed by atoms with Gasteiger partial charge in [-0.25, -0.2) is 13.1 Å². The van der Waals surface area contributed by atoms with Gasteiger partial charge < -0.3 is 5.32 Å². The van der Waals surface area contributed by atoms with E-state index >= 15 is 0 Å². The fraction of sp³-hybridized carbons (Fsp3) is 0.667. The highest BCUT2D eigenvalue weighted by Crippen LogP contribution is 2.13. The van der Waals surface area contributed by atoms with Crippen molar-refractivity contribution in [2.24, 2.45) is 0 Å². The van der Waals surface area contributed by atoms with Crippen LogP contribution in [0.5, 0.6) is 0 Å². The summed E-state index contributed by atoms with van der Waals surface area (Å²) in [6, 6.07) is 0. The zero-order valence-corrected chi connectivity index (χ0v) is 12.8. The lowest BCUT2D eigenvalue weighted by atomic mass is 10.2. The van der Waals surface area contributed by atoms with Crippen molar-refractivity contribution in [3.8, 4) is 0 Å². The van der Waals surface area contributed by atoms with E-state index in [0.717, 1.165) is 24.1 Å². The topological polar surface area (TPSA) is 58.2 Å². The highest BCUT2D eigenvalue weighted by atomic mass is 32.2. The Balaban J connectivity index is 2.46. The summed E-state index contributed by atoms with van der Waals surface area (Å²) >= 11 is 1.59. The quantitative estimate of drug-likeness (QED) is 0.719. The first-order valence-electron chi connectivity index (χ1n) is 6.18. The van der Waals surface area contributed by atoms with Crippen LogP contribution in [0.1, 0.15) is 31.4 Å². The zero-order chi connectivity index (χ0) is 13.6. The molecule has 0 saturated heterocycles. The minimum atomic E-state index is -3.24. The molecule has 0 bridgehead atoms. The summed E-state index contributed by atoms with van der Waals surface area (Å²) in [6.07, 6.45) is 1.01. The molecule has 2 N–H and O–H groups in total. The highest BCUT2D eigenvalue weighted by molar-refractivity contribution is 7.90. The van der Waals surface area contributed by atoms with E-state index < -0.39 is 15.3 Å². The highest BCUT2D eigenvalue weighted by Gasteiger charge is 2.19. The normalized spacial score (nSPS) is 13.7. The fourth-order valence-electron chi connectivity index (χ4n) is 1.48. The second kappa shape index (κ2) is 7.23. The molecule has 1 heterocycles. The van der Waals surface area contributed by atoms with Crippen LogP contribution in [0.4, 0.5) is 0 Å². The van der Waals surface area contributed by atoms with Crippen LogP contribution in [0.25, 0.3) is 0 Å². The number of sulfonamides is 1. The molecule has 4 nitrogen and oxygen atoms in total. The number of hydrogen-bond acceptors (Lipinski definition) is 4. The second-order valence-electron chi connectivity index (χ2n) is 4.46. The molecule has 1 atom stereocenters.